The molecule has 1 aromatic heterocycles. The summed E-state index contributed by atoms with van der Waals surface area (Å²) in [7, 11) is 0. The molecule has 0 spiro atoms. The zero-order chi connectivity index (χ0) is 14.1. The van der Waals surface area contributed by atoms with Crippen molar-refractivity contribution in [3.63, 3.8) is 0 Å². The Balaban J connectivity index is 1.84. The predicted octanol–water partition coefficient (Wildman–Crippen LogP) is 3.55. The minimum atomic E-state index is -0.543. The summed E-state index contributed by atoms with van der Waals surface area (Å²) in [6.45, 7) is 0. The molecule has 3 amide bonds. The number of thiophene rings is 1. The summed E-state index contributed by atoms with van der Waals surface area (Å²) in [5, 5.41) is 0. The number of para-hydroxylation sites is 1. The number of rotatable bonds is 3. The third kappa shape index (κ3) is 2.37. The van der Waals surface area contributed by atoms with Crippen LogP contribution < -0.4 is 4.90 Å². The van der Waals surface area contributed by atoms with E-state index >= 15 is 0 Å². The van der Waals surface area contributed by atoms with Gasteiger partial charge in [0.25, 0.3) is 5.91 Å². The van der Waals surface area contributed by atoms with E-state index in [1.54, 1.807) is 30.3 Å². The van der Waals surface area contributed by atoms with Crippen LogP contribution in [0.5, 0.6) is 0 Å². The summed E-state index contributed by atoms with van der Waals surface area (Å²) in [6.07, 6.45) is 0.325. The Hall–Kier alpha value is -1.98. The average Bonchev–Trinajstić information content (AvgIpc) is 2.96. The lowest BCUT2D eigenvalue weighted by molar-refractivity contribution is -0.111. The maximum atomic E-state index is 12.3. The Kier molecular flexibility index (Phi) is 3.38. The van der Waals surface area contributed by atoms with Crippen molar-refractivity contribution in [2.45, 2.75) is 6.42 Å². The quantitative estimate of drug-likeness (QED) is 0.870. The molecule has 0 saturated carbocycles. The molecule has 0 bridgehead atoms. The number of urea groups is 1. The number of halogens is 1. The molecule has 1 aromatic carbocycles. The van der Waals surface area contributed by atoms with Crippen LogP contribution in [0.4, 0.5) is 10.5 Å². The van der Waals surface area contributed by atoms with E-state index in [9.17, 15) is 9.59 Å². The first-order chi connectivity index (χ1) is 9.65. The van der Waals surface area contributed by atoms with Crippen LogP contribution in [0.1, 0.15) is 4.88 Å². The van der Waals surface area contributed by atoms with Crippen molar-refractivity contribution >= 4 is 46.3 Å². The van der Waals surface area contributed by atoms with E-state index in [0.717, 1.165) is 9.78 Å². The van der Waals surface area contributed by atoms with Crippen molar-refractivity contribution in [2.75, 3.05) is 4.90 Å². The van der Waals surface area contributed by atoms with E-state index in [4.69, 9.17) is 11.6 Å². The molecule has 0 atom stereocenters. The van der Waals surface area contributed by atoms with E-state index in [2.05, 4.69) is 4.99 Å². The van der Waals surface area contributed by atoms with Gasteiger partial charge in [-0.25, -0.2) is 9.69 Å². The number of imide groups is 1. The number of hydrogen-bond acceptors (Lipinski definition) is 3. The van der Waals surface area contributed by atoms with Crippen LogP contribution in [0.2, 0.25) is 4.34 Å². The summed E-state index contributed by atoms with van der Waals surface area (Å²) in [5.74, 6) is -0.370. The Bertz CT molecular complexity index is 709. The van der Waals surface area contributed by atoms with E-state index in [1.807, 2.05) is 12.1 Å². The first-order valence-electron chi connectivity index (χ1n) is 5.90. The van der Waals surface area contributed by atoms with Gasteiger partial charge in [-0.2, -0.15) is 4.99 Å². The number of anilines is 1. The van der Waals surface area contributed by atoms with Crippen LogP contribution in [0.15, 0.2) is 47.5 Å². The summed E-state index contributed by atoms with van der Waals surface area (Å²) in [5.41, 5.74) is 0.780. The van der Waals surface area contributed by atoms with Crippen molar-refractivity contribution in [3.8, 4) is 0 Å². The molecule has 3 rings (SSSR count). The van der Waals surface area contributed by atoms with Crippen molar-refractivity contribution in [3.05, 3.63) is 51.7 Å². The number of carbonyl (C=O) groups is 2. The minimum Gasteiger partial charge on any atom is -0.267 e. The van der Waals surface area contributed by atoms with E-state index in [0.29, 0.717) is 16.4 Å². The topological polar surface area (TPSA) is 49.7 Å². The molecule has 1 aliphatic rings. The molecule has 2 heterocycles. The first-order valence-corrected chi connectivity index (χ1v) is 7.10. The van der Waals surface area contributed by atoms with Crippen LogP contribution in [0.25, 0.3) is 0 Å². The highest BCUT2D eigenvalue weighted by molar-refractivity contribution is 7.16. The van der Waals surface area contributed by atoms with Crippen molar-refractivity contribution in [1.82, 2.24) is 0 Å². The van der Waals surface area contributed by atoms with Gasteiger partial charge in [0.1, 0.15) is 5.71 Å². The highest BCUT2D eigenvalue weighted by Crippen LogP contribution is 2.25. The monoisotopic (exact) mass is 304 g/mol. The van der Waals surface area contributed by atoms with Gasteiger partial charge in [-0.05, 0) is 24.3 Å². The smallest absolute Gasteiger partial charge is 0.267 e. The van der Waals surface area contributed by atoms with Crippen LogP contribution in [0, 0.1) is 0 Å². The number of nitrogens with zero attached hydrogens (tertiary/aromatic N) is 2. The summed E-state index contributed by atoms with van der Waals surface area (Å²) >= 11 is 7.23. The molecule has 4 nitrogen and oxygen atoms in total. The molecule has 20 heavy (non-hydrogen) atoms. The predicted molar refractivity (Wildman–Crippen MR) is 79.8 cm³/mol. The number of aliphatic imine (C=N–C) groups is 1. The largest absolute Gasteiger partial charge is 0.355 e. The Morgan fingerprint density at radius 1 is 1.10 bits per heavy atom. The third-order valence-electron chi connectivity index (χ3n) is 2.86. The van der Waals surface area contributed by atoms with Crippen LogP contribution in [-0.2, 0) is 11.2 Å². The Morgan fingerprint density at radius 3 is 2.50 bits per heavy atom. The molecule has 0 unspecified atom stereocenters. The van der Waals surface area contributed by atoms with E-state index in [1.165, 1.54) is 11.3 Å². The molecule has 0 fully saturated rings. The molecular weight excluding hydrogens is 296 g/mol. The first kappa shape index (κ1) is 13.0. The normalized spacial score (nSPS) is 14.8. The molecule has 0 N–H and O–H groups in total. The third-order valence-corrected chi connectivity index (χ3v) is 4.09. The van der Waals surface area contributed by atoms with Gasteiger partial charge in [0.2, 0.25) is 0 Å². The van der Waals surface area contributed by atoms with Crippen molar-refractivity contribution < 1.29 is 9.59 Å². The molecule has 2 aromatic rings. The fourth-order valence-electron chi connectivity index (χ4n) is 1.96. The Labute approximate surface area is 124 Å². The average molecular weight is 305 g/mol. The minimum absolute atomic E-state index is 0.248. The molecule has 0 aliphatic carbocycles. The SMILES string of the molecule is O=C1N=C(Cc2ccc(Cl)s2)C(=O)N1c1ccccc1. The van der Waals surface area contributed by atoms with Gasteiger partial charge in [0, 0.05) is 11.3 Å². The lowest BCUT2D eigenvalue weighted by Crippen LogP contribution is -2.33. The molecule has 100 valence electrons. The zero-order valence-corrected chi connectivity index (χ0v) is 11.8. The number of amides is 3. The Morgan fingerprint density at radius 2 is 1.85 bits per heavy atom. The van der Waals surface area contributed by atoms with Crippen molar-refractivity contribution in [1.29, 1.82) is 0 Å². The second-order valence-electron chi connectivity index (χ2n) is 4.20. The molecular formula is C14H9ClN2O2S. The van der Waals surface area contributed by atoms with Crippen LogP contribution in [-0.4, -0.2) is 17.6 Å². The second kappa shape index (κ2) is 5.19. The van der Waals surface area contributed by atoms with Gasteiger partial charge in [0.05, 0.1) is 10.0 Å². The van der Waals surface area contributed by atoms with Gasteiger partial charge >= 0.3 is 6.03 Å². The highest BCUT2D eigenvalue weighted by atomic mass is 35.5. The lowest BCUT2D eigenvalue weighted by Gasteiger charge is -2.12. The van der Waals surface area contributed by atoms with E-state index < -0.39 is 6.03 Å². The van der Waals surface area contributed by atoms with Gasteiger partial charge in [0.15, 0.2) is 0 Å². The molecule has 1 aliphatic heterocycles. The van der Waals surface area contributed by atoms with Crippen molar-refractivity contribution in [2.24, 2.45) is 4.99 Å². The number of hydrogen-bond donors (Lipinski definition) is 0. The van der Waals surface area contributed by atoms with Crippen LogP contribution in [0.3, 0.4) is 0 Å². The van der Waals surface area contributed by atoms with Crippen LogP contribution >= 0.6 is 22.9 Å². The van der Waals surface area contributed by atoms with Gasteiger partial charge in [-0.15, -0.1) is 11.3 Å². The summed E-state index contributed by atoms with van der Waals surface area (Å²) in [6, 6.07) is 11.8. The maximum Gasteiger partial charge on any atom is 0.355 e. The van der Waals surface area contributed by atoms with Gasteiger partial charge in [-0.3, -0.25) is 4.79 Å². The molecule has 0 saturated heterocycles. The lowest BCUT2D eigenvalue weighted by atomic mass is 10.2. The summed E-state index contributed by atoms with van der Waals surface area (Å²) in [4.78, 5) is 30.0. The molecule has 0 radical (unpaired) electrons. The number of benzene rings is 1. The van der Waals surface area contributed by atoms with Gasteiger partial charge in [-0.1, -0.05) is 29.8 Å². The highest BCUT2D eigenvalue weighted by Gasteiger charge is 2.34. The van der Waals surface area contributed by atoms with Gasteiger partial charge < -0.3 is 0 Å². The number of carbonyl (C=O) groups excluding carboxylic acids is 2. The zero-order valence-electron chi connectivity index (χ0n) is 10.2. The maximum absolute atomic E-state index is 12.3. The van der Waals surface area contributed by atoms with E-state index in [-0.39, 0.29) is 11.6 Å². The summed E-state index contributed by atoms with van der Waals surface area (Å²) < 4.78 is 0.650. The standard InChI is InChI=1S/C14H9ClN2O2S/c15-12-7-6-10(20-12)8-11-13(18)17(14(19)16-11)9-4-2-1-3-5-9/h1-7H,8H2. The fourth-order valence-corrected chi connectivity index (χ4v) is 3.05. The molecule has 6 heteroatoms. The second-order valence-corrected chi connectivity index (χ2v) is 6.00. The fraction of sp³-hybridized carbons (Fsp3) is 0.0714.